The molecule has 1 heterocycles. The SMILES string of the molecule is [CH2-][NH+]1CCC(C)(O)C1. The van der Waals surface area contributed by atoms with Crippen molar-refractivity contribution in [1.82, 2.24) is 0 Å². The fraction of sp³-hybridized carbons (Fsp3) is 0.833. The lowest BCUT2D eigenvalue weighted by Gasteiger charge is -2.15. The summed E-state index contributed by atoms with van der Waals surface area (Å²) in [6, 6.07) is 0. The Morgan fingerprint density at radius 1 is 1.75 bits per heavy atom. The Morgan fingerprint density at radius 3 is 2.50 bits per heavy atom. The molecule has 0 aromatic carbocycles. The van der Waals surface area contributed by atoms with E-state index < -0.39 is 5.60 Å². The molecule has 0 aromatic rings. The first-order valence-electron chi connectivity index (χ1n) is 2.99. The van der Waals surface area contributed by atoms with Crippen molar-refractivity contribution >= 4 is 0 Å². The van der Waals surface area contributed by atoms with E-state index in [1.54, 1.807) is 0 Å². The van der Waals surface area contributed by atoms with Gasteiger partial charge >= 0.3 is 0 Å². The number of rotatable bonds is 0. The van der Waals surface area contributed by atoms with Crippen LogP contribution in [0.2, 0.25) is 0 Å². The summed E-state index contributed by atoms with van der Waals surface area (Å²) in [5, 5.41) is 9.30. The summed E-state index contributed by atoms with van der Waals surface area (Å²) < 4.78 is 0. The maximum atomic E-state index is 9.30. The highest BCUT2D eigenvalue weighted by Gasteiger charge is 2.29. The normalized spacial score (nSPS) is 47.6. The maximum absolute atomic E-state index is 9.30. The molecule has 8 heavy (non-hydrogen) atoms. The lowest BCUT2D eigenvalue weighted by atomic mass is 10.1. The number of quaternary nitrogens is 1. The minimum atomic E-state index is -0.433. The second-order valence-corrected chi connectivity index (χ2v) is 2.92. The predicted octanol–water partition coefficient (Wildman–Crippen LogP) is -1.18. The van der Waals surface area contributed by atoms with Crippen molar-refractivity contribution in [2.75, 3.05) is 13.1 Å². The van der Waals surface area contributed by atoms with Gasteiger partial charge in [0.25, 0.3) is 0 Å². The van der Waals surface area contributed by atoms with Crippen LogP contribution in [-0.4, -0.2) is 23.8 Å². The summed E-state index contributed by atoms with van der Waals surface area (Å²) in [6.45, 7) is 3.67. The molecule has 2 N–H and O–H groups in total. The summed E-state index contributed by atoms with van der Waals surface area (Å²) >= 11 is 0. The van der Waals surface area contributed by atoms with Gasteiger partial charge in [-0.3, -0.25) is 0 Å². The van der Waals surface area contributed by atoms with Gasteiger partial charge in [-0.05, 0) is 6.92 Å². The topological polar surface area (TPSA) is 24.7 Å². The number of hydrogen-bond donors (Lipinski definition) is 2. The smallest absolute Gasteiger partial charge is 0.114 e. The zero-order valence-corrected chi connectivity index (χ0v) is 5.28. The fourth-order valence-corrected chi connectivity index (χ4v) is 1.16. The summed E-state index contributed by atoms with van der Waals surface area (Å²) in [5.41, 5.74) is -0.433. The summed E-state index contributed by atoms with van der Waals surface area (Å²) in [7, 11) is 3.79. The van der Waals surface area contributed by atoms with Crippen molar-refractivity contribution < 1.29 is 10.0 Å². The second kappa shape index (κ2) is 1.71. The standard InChI is InChI=1S/C6H13NO/c1-6(8)3-4-7(2)5-6/h7-8H,2-5H2,1H3. The van der Waals surface area contributed by atoms with Crippen molar-refractivity contribution in [1.29, 1.82) is 0 Å². The van der Waals surface area contributed by atoms with Gasteiger partial charge in [-0.1, -0.05) is 0 Å². The Kier molecular flexibility index (Phi) is 1.29. The van der Waals surface area contributed by atoms with Crippen LogP contribution in [0.15, 0.2) is 0 Å². The molecule has 1 fully saturated rings. The summed E-state index contributed by atoms with van der Waals surface area (Å²) in [4.78, 5) is 1.19. The van der Waals surface area contributed by atoms with Gasteiger partial charge in [0.2, 0.25) is 0 Å². The highest BCUT2D eigenvalue weighted by molar-refractivity contribution is 4.74. The zero-order chi connectivity index (χ0) is 6.20. The number of aliphatic hydroxyl groups is 1. The van der Waals surface area contributed by atoms with Gasteiger partial charge in [-0.2, -0.15) is 7.05 Å². The van der Waals surface area contributed by atoms with Crippen LogP contribution in [0.3, 0.4) is 0 Å². The number of hydrogen-bond acceptors (Lipinski definition) is 1. The van der Waals surface area contributed by atoms with E-state index in [9.17, 15) is 5.11 Å². The Morgan fingerprint density at radius 2 is 2.38 bits per heavy atom. The predicted molar refractivity (Wildman–Crippen MR) is 31.3 cm³/mol. The van der Waals surface area contributed by atoms with Crippen molar-refractivity contribution in [3.8, 4) is 0 Å². The van der Waals surface area contributed by atoms with Gasteiger partial charge in [-0.15, -0.1) is 0 Å². The van der Waals surface area contributed by atoms with Crippen molar-refractivity contribution in [2.24, 2.45) is 0 Å². The molecule has 1 aliphatic rings. The Bertz CT molecular complexity index is 90.5. The van der Waals surface area contributed by atoms with Crippen LogP contribution in [0.25, 0.3) is 0 Å². The van der Waals surface area contributed by atoms with Crippen LogP contribution in [0.1, 0.15) is 13.3 Å². The molecule has 0 aliphatic carbocycles. The molecule has 0 aromatic heterocycles. The van der Waals surface area contributed by atoms with E-state index in [-0.39, 0.29) is 0 Å². The molecule has 0 radical (unpaired) electrons. The van der Waals surface area contributed by atoms with Gasteiger partial charge in [0.1, 0.15) is 5.60 Å². The van der Waals surface area contributed by atoms with Crippen molar-refractivity contribution in [2.45, 2.75) is 18.9 Å². The van der Waals surface area contributed by atoms with E-state index in [4.69, 9.17) is 0 Å². The monoisotopic (exact) mass is 115 g/mol. The van der Waals surface area contributed by atoms with Gasteiger partial charge in [0.05, 0.1) is 13.1 Å². The molecule has 0 spiro atoms. The van der Waals surface area contributed by atoms with E-state index in [0.29, 0.717) is 0 Å². The molecular formula is C6H13NO. The van der Waals surface area contributed by atoms with Gasteiger partial charge < -0.3 is 10.0 Å². The van der Waals surface area contributed by atoms with Crippen LogP contribution in [-0.2, 0) is 0 Å². The molecule has 2 heteroatoms. The minimum Gasteiger partial charge on any atom is -0.465 e. The average Bonchev–Trinajstić information content (AvgIpc) is 1.82. The highest BCUT2D eigenvalue weighted by atomic mass is 16.3. The first-order chi connectivity index (χ1) is 3.60. The maximum Gasteiger partial charge on any atom is 0.114 e. The molecule has 1 rings (SSSR count). The molecule has 1 aliphatic heterocycles. The van der Waals surface area contributed by atoms with Crippen LogP contribution in [0, 0.1) is 7.05 Å². The van der Waals surface area contributed by atoms with E-state index in [0.717, 1.165) is 19.5 Å². The number of likely N-dealkylation sites (tertiary alicyclic amines) is 1. The second-order valence-electron chi connectivity index (χ2n) is 2.92. The van der Waals surface area contributed by atoms with E-state index in [2.05, 4.69) is 7.05 Å². The molecule has 2 nitrogen and oxygen atoms in total. The Hall–Kier alpha value is -0.0800. The van der Waals surface area contributed by atoms with E-state index >= 15 is 0 Å². The van der Waals surface area contributed by atoms with Gasteiger partial charge in [0, 0.05) is 6.42 Å². The lowest BCUT2D eigenvalue weighted by molar-refractivity contribution is -0.843. The quantitative estimate of drug-likeness (QED) is 0.382. The first-order valence-corrected chi connectivity index (χ1v) is 2.99. The highest BCUT2D eigenvalue weighted by Crippen LogP contribution is 2.07. The van der Waals surface area contributed by atoms with Crippen molar-refractivity contribution in [3.05, 3.63) is 7.05 Å². The minimum absolute atomic E-state index is 0.433. The molecular weight excluding hydrogens is 102 g/mol. The molecule has 2 unspecified atom stereocenters. The third-order valence-electron chi connectivity index (χ3n) is 1.65. The molecule has 0 saturated carbocycles. The molecule has 0 amide bonds. The molecule has 48 valence electrons. The largest absolute Gasteiger partial charge is 0.465 e. The molecule has 2 atom stereocenters. The van der Waals surface area contributed by atoms with Crippen molar-refractivity contribution in [3.63, 3.8) is 0 Å². The molecule has 0 bridgehead atoms. The van der Waals surface area contributed by atoms with Crippen LogP contribution in [0.5, 0.6) is 0 Å². The van der Waals surface area contributed by atoms with E-state index in [1.165, 1.54) is 4.90 Å². The zero-order valence-electron chi connectivity index (χ0n) is 5.28. The lowest BCUT2D eigenvalue weighted by Crippen LogP contribution is -3.05. The fourth-order valence-electron chi connectivity index (χ4n) is 1.16. The third kappa shape index (κ3) is 1.20. The third-order valence-corrected chi connectivity index (χ3v) is 1.65. The molecule has 1 saturated heterocycles. The summed E-state index contributed by atoms with van der Waals surface area (Å²) in [6.07, 6.45) is 0.895. The summed E-state index contributed by atoms with van der Waals surface area (Å²) in [5.74, 6) is 0. The van der Waals surface area contributed by atoms with Crippen LogP contribution >= 0.6 is 0 Å². The number of nitrogens with one attached hydrogen (secondary N) is 1. The van der Waals surface area contributed by atoms with Crippen LogP contribution < -0.4 is 4.90 Å². The van der Waals surface area contributed by atoms with Gasteiger partial charge in [-0.25, -0.2) is 0 Å². The van der Waals surface area contributed by atoms with Crippen LogP contribution in [0.4, 0.5) is 0 Å². The average molecular weight is 115 g/mol. The Balaban J connectivity index is 2.44. The van der Waals surface area contributed by atoms with E-state index in [1.807, 2.05) is 6.92 Å². The van der Waals surface area contributed by atoms with Gasteiger partial charge in [0.15, 0.2) is 0 Å². The first kappa shape index (κ1) is 6.05. The Labute approximate surface area is 50.1 Å².